The second kappa shape index (κ2) is 10.5. The van der Waals surface area contributed by atoms with Gasteiger partial charge in [0.05, 0.1) is 19.9 Å². The standard InChI is InChI=1S/C24H22ClN3O4/c1-15(21-13-12-20(31-2)14-22(21)32-3)27-28-24(30)17-6-10-19(11-7-17)26-23(29)16-4-8-18(25)9-5-16/h4-14H,1-3H3,(H,26,29)(H,28,30). The van der Waals surface area contributed by atoms with E-state index < -0.39 is 0 Å². The number of halogens is 1. The van der Waals surface area contributed by atoms with Crippen molar-refractivity contribution in [1.29, 1.82) is 0 Å². The van der Waals surface area contributed by atoms with Crippen LogP contribution in [0.2, 0.25) is 5.02 Å². The van der Waals surface area contributed by atoms with Crippen LogP contribution in [0.1, 0.15) is 33.2 Å². The second-order valence-corrected chi connectivity index (χ2v) is 7.18. The highest BCUT2D eigenvalue weighted by atomic mass is 35.5. The number of hydrogen-bond donors (Lipinski definition) is 2. The largest absolute Gasteiger partial charge is 0.497 e. The molecule has 0 aliphatic rings. The van der Waals surface area contributed by atoms with Gasteiger partial charge in [0.25, 0.3) is 11.8 Å². The maximum atomic E-state index is 12.5. The summed E-state index contributed by atoms with van der Waals surface area (Å²) in [5.74, 6) is 0.589. The fourth-order valence-corrected chi connectivity index (χ4v) is 2.99. The molecule has 32 heavy (non-hydrogen) atoms. The van der Waals surface area contributed by atoms with Crippen molar-refractivity contribution in [2.45, 2.75) is 6.92 Å². The van der Waals surface area contributed by atoms with E-state index >= 15 is 0 Å². The van der Waals surface area contributed by atoms with Crippen LogP contribution in [0, 0.1) is 0 Å². The molecule has 0 saturated heterocycles. The van der Waals surface area contributed by atoms with Crippen molar-refractivity contribution in [3.8, 4) is 11.5 Å². The second-order valence-electron chi connectivity index (χ2n) is 6.74. The maximum Gasteiger partial charge on any atom is 0.271 e. The monoisotopic (exact) mass is 451 g/mol. The van der Waals surface area contributed by atoms with Gasteiger partial charge in [0.2, 0.25) is 0 Å². The van der Waals surface area contributed by atoms with E-state index in [9.17, 15) is 9.59 Å². The van der Waals surface area contributed by atoms with Crippen LogP contribution < -0.4 is 20.2 Å². The highest BCUT2D eigenvalue weighted by molar-refractivity contribution is 6.30. The summed E-state index contributed by atoms with van der Waals surface area (Å²) >= 11 is 5.84. The molecule has 0 aliphatic heterocycles. The van der Waals surface area contributed by atoms with E-state index in [0.29, 0.717) is 39.0 Å². The van der Waals surface area contributed by atoms with E-state index in [4.69, 9.17) is 21.1 Å². The van der Waals surface area contributed by atoms with Gasteiger partial charge in [-0.25, -0.2) is 5.43 Å². The minimum absolute atomic E-state index is 0.271. The van der Waals surface area contributed by atoms with Gasteiger partial charge in [-0.05, 0) is 67.6 Å². The number of hydrazone groups is 1. The molecule has 0 aliphatic carbocycles. The van der Waals surface area contributed by atoms with Gasteiger partial charge in [0.1, 0.15) is 11.5 Å². The van der Waals surface area contributed by atoms with Gasteiger partial charge >= 0.3 is 0 Å². The van der Waals surface area contributed by atoms with Crippen LogP contribution in [-0.4, -0.2) is 31.7 Å². The van der Waals surface area contributed by atoms with E-state index in [0.717, 1.165) is 5.56 Å². The Morgan fingerprint density at radius 3 is 2.09 bits per heavy atom. The van der Waals surface area contributed by atoms with E-state index in [-0.39, 0.29) is 11.8 Å². The molecule has 0 saturated carbocycles. The van der Waals surface area contributed by atoms with Gasteiger partial charge in [0, 0.05) is 33.5 Å². The van der Waals surface area contributed by atoms with E-state index in [1.165, 1.54) is 0 Å². The molecule has 7 nitrogen and oxygen atoms in total. The number of hydrogen-bond acceptors (Lipinski definition) is 5. The van der Waals surface area contributed by atoms with Crippen molar-refractivity contribution < 1.29 is 19.1 Å². The Bertz CT molecular complexity index is 1140. The summed E-state index contributed by atoms with van der Waals surface area (Å²) < 4.78 is 10.6. The third-order valence-electron chi connectivity index (χ3n) is 4.64. The summed E-state index contributed by atoms with van der Waals surface area (Å²) in [5.41, 5.74) is 5.27. The number of amides is 2. The lowest BCUT2D eigenvalue weighted by Gasteiger charge is -2.10. The molecule has 3 aromatic carbocycles. The minimum Gasteiger partial charge on any atom is -0.497 e. The van der Waals surface area contributed by atoms with E-state index in [1.54, 1.807) is 87.9 Å². The van der Waals surface area contributed by atoms with Crippen molar-refractivity contribution in [1.82, 2.24) is 5.43 Å². The molecule has 164 valence electrons. The molecule has 3 aromatic rings. The van der Waals surface area contributed by atoms with Crippen molar-refractivity contribution in [2.24, 2.45) is 5.10 Å². The topological polar surface area (TPSA) is 89.0 Å². The van der Waals surface area contributed by atoms with Crippen LogP contribution in [0.15, 0.2) is 71.8 Å². The van der Waals surface area contributed by atoms with Gasteiger partial charge in [-0.2, -0.15) is 5.10 Å². The van der Waals surface area contributed by atoms with Gasteiger partial charge in [0.15, 0.2) is 0 Å². The predicted molar refractivity (Wildman–Crippen MR) is 125 cm³/mol. The van der Waals surface area contributed by atoms with Crippen LogP contribution >= 0.6 is 11.6 Å². The lowest BCUT2D eigenvalue weighted by Crippen LogP contribution is -2.19. The summed E-state index contributed by atoms with van der Waals surface area (Å²) in [6.07, 6.45) is 0. The first-order valence-corrected chi connectivity index (χ1v) is 10.0. The van der Waals surface area contributed by atoms with Gasteiger partial charge in [-0.1, -0.05) is 11.6 Å². The summed E-state index contributed by atoms with van der Waals surface area (Å²) in [7, 11) is 3.13. The number of carbonyl (C=O) groups is 2. The minimum atomic E-state index is -0.382. The number of rotatable bonds is 7. The number of ether oxygens (including phenoxy) is 2. The average Bonchev–Trinajstić information content (AvgIpc) is 2.82. The smallest absolute Gasteiger partial charge is 0.271 e. The van der Waals surface area contributed by atoms with Crippen molar-refractivity contribution in [2.75, 3.05) is 19.5 Å². The number of carbonyl (C=O) groups excluding carboxylic acids is 2. The SMILES string of the molecule is COc1ccc(C(C)=NNC(=O)c2ccc(NC(=O)c3ccc(Cl)cc3)cc2)c(OC)c1. The molecule has 0 aromatic heterocycles. The zero-order chi connectivity index (χ0) is 23.1. The number of nitrogens with one attached hydrogen (secondary N) is 2. The van der Waals surface area contributed by atoms with Crippen molar-refractivity contribution in [3.05, 3.63) is 88.4 Å². The lowest BCUT2D eigenvalue weighted by molar-refractivity contribution is 0.0954. The number of nitrogens with zero attached hydrogens (tertiary/aromatic N) is 1. The highest BCUT2D eigenvalue weighted by Crippen LogP contribution is 2.25. The fraction of sp³-hybridized carbons (Fsp3) is 0.125. The predicted octanol–water partition coefficient (Wildman–Crippen LogP) is 4.76. The van der Waals surface area contributed by atoms with Gasteiger partial charge in [-0.15, -0.1) is 0 Å². The Hall–Kier alpha value is -3.84. The quantitative estimate of drug-likeness (QED) is 0.400. The van der Waals surface area contributed by atoms with Gasteiger partial charge in [-0.3, -0.25) is 9.59 Å². The van der Waals surface area contributed by atoms with E-state index in [1.807, 2.05) is 0 Å². The summed E-state index contributed by atoms with van der Waals surface area (Å²) in [6, 6.07) is 18.4. The molecule has 2 amide bonds. The molecule has 3 rings (SSSR count). The van der Waals surface area contributed by atoms with Gasteiger partial charge < -0.3 is 14.8 Å². The zero-order valence-corrected chi connectivity index (χ0v) is 18.6. The molecular formula is C24H22ClN3O4. The molecule has 0 spiro atoms. The molecule has 0 heterocycles. The fourth-order valence-electron chi connectivity index (χ4n) is 2.87. The average molecular weight is 452 g/mol. The zero-order valence-electron chi connectivity index (χ0n) is 17.8. The lowest BCUT2D eigenvalue weighted by atomic mass is 10.1. The van der Waals surface area contributed by atoms with Crippen LogP contribution in [0.25, 0.3) is 0 Å². The first-order valence-electron chi connectivity index (χ1n) is 9.65. The normalized spacial score (nSPS) is 10.9. The van der Waals surface area contributed by atoms with Crippen LogP contribution in [0.5, 0.6) is 11.5 Å². The highest BCUT2D eigenvalue weighted by Gasteiger charge is 2.11. The van der Waals surface area contributed by atoms with Crippen LogP contribution in [0.3, 0.4) is 0 Å². The molecule has 0 bridgehead atoms. The summed E-state index contributed by atoms with van der Waals surface area (Å²) in [6.45, 7) is 1.76. The first-order chi connectivity index (χ1) is 15.4. The molecule has 0 radical (unpaired) electrons. The molecular weight excluding hydrogens is 430 g/mol. The third kappa shape index (κ3) is 5.65. The Morgan fingerprint density at radius 2 is 1.47 bits per heavy atom. The Labute approximate surface area is 191 Å². The van der Waals surface area contributed by atoms with Crippen molar-refractivity contribution in [3.63, 3.8) is 0 Å². The Balaban J connectivity index is 1.64. The molecule has 0 atom stereocenters. The third-order valence-corrected chi connectivity index (χ3v) is 4.89. The molecule has 8 heteroatoms. The molecule has 2 N–H and O–H groups in total. The molecule has 0 fully saturated rings. The number of benzene rings is 3. The number of methoxy groups -OCH3 is 2. The first kappa shape index (κ1) is 22.8. The maximum absolute atomic E-state index is 12.5. The Morgan fingerprint density at radius 1 is 0.844 bits per heavy atom. The van der Waals surface area contributed by atoms with Crippen LogP contribution in [-0.2, 0) is 0 Å². The Kier molecular flexibility index (Phi) is 7.46. The summed E-state index contributed by atoms with van der Waals surface area (Å²) in [4.78, 5) is 24.7. The van der Waals surface area contributed by atoms with Crippen LogP contribution in [0.4, 0.5) is 5.69 Å². The number of anilines is 1. The summed E-state index contributed by atoms with van der Waals surface area (Å²) in [5, 5.41) is 7.50. The molecule has 0 unspecified atom stereocenters. The van der Waals surface area contributed by atoms with Crippen molar-refractivity contribution >= 4 is 34.8 Å². The van der Waals surface area contributed by atoms with E-state index in [2.05, 4.69) is 15.8 Å².